The number of morpholine rings is 1. The van der Waals surface area contributed by atoms with Crippen LogP contribution in [0.4, 0.5) is 0 Å². The highest BCUT2D eigenvalue weighted by Crippen LogP contribution is 2.22. The molecule has 2 aliphatic heterocycles. The molecule has 2 saturated heterocycles. The molecule has 2 N–H and O–H groups in total. The number of nitrogens with zero attached hydrogens (tertiary/aromatic N) is 3. The number of carbonyl (C=O) groups excluding carboxylic acids is 1. The number of benzene rings is 2. The summed E-state index contributed by atoms with van der Waals surface area (Å²) in [6, 6.07) is 16.5. The Morgan fingerprint density at radius 1 is 1.13 bits per heavy atom. The van der Waals surface area contributed by atoms with Crippen LogP contribution < -0.4 is 10.7 Å². The van der Waals surface area contributed by atoms with Crippen LogP contribution in [-0.2, 0) is 16.0 Å². The van der Waals surface area contributed by atoms with E-state index in [-0.39, 0.29) is 5.91 Å². The number of rotatable bonds is 6. The highest BCUT2D eigenvalue weighted by Gasteiger charge is 2.37. The lowest BCUT2D eigenvalue weighted by molar-refractivity contribution is -0.127. The van der Waals surface area contributed by atoms with Gasteiger partial charge >= 0.3 is 0 Å². The molecule has 0 radical (unpaired) electrons. The second-order valence-electron chi connectivity index (χ2n) is 8.65. The monoisotopic (exact) mass is 421 g/mol. The van der Waals surface area contributed by atoms with Crippen LogP contribution in [0.3, 0.4) is 0 Å². The van der Waals surface area contributed by atoms with Gasteiger partial charge in [-0.25, -0.2) is 10.4 Å². The molecule has 0 bridgehead atoms. The fourth-order valence-corrected chi connectivity index (χ4v) is 4.30. The van der Waals surface area contributed by atoms with E-state index in [1.165, 1.54) is 5.39 Å². The molecule has 1 amide bonds. The number of hydrazine groups is 1. The van der Waals surface area contributed by atoms with Gasteiger partial charge in [0.15, 0.2) is 0 Å². The number of amides is 1. The number of ether oxygens (including phenoxy) is 1. The van der Waals surface area contributed by atoms with Gasteiger partial charge in [0.1, 0.15) is 11.6 Å². The molecular weight excluding hydrogens is 390 g/mol. The third-order valence-electron chi connectivity index (χ3n) is 6.34. The maximum Gasteiger partial charge on any atom is 0.240 e. The fraction of sp³-hybridized carbons (Fsp3) is 0.500. The summed E-state index contributed by atoms with van der Waals surface area (Å²) in [6.45, 7) is 4.36. The van der Waals surface area contributed by atoms with Gasteiger partial charge in [-0.1, -0.05) is 42.5 Å². The normalized spacial score (nSPS) is 20.8. The predicted octanol–water partition coefficient (Wildman–Crippen LogP) is 1.69. The Morgan fingerprint density at radius 2 is 1.84 bits per heavy atom. The standard InChI is InChI=1S/C24H31N5O2/c1-28-10-8-24(18-25,9-11-28)26-23(30)22(27-29-12-14-31-15-13-29)17-19-6-7-20-4-2-3-5-21(20)16-19/h2-7,16,22,27H,8-15,17H2,1H3,(H,26,30). The average molecular weight is 422 g/mol. The summed E-state index contributed by atoms with van der Waals surface area (Å²) in [7, 11) is 2.05. The summed E-state index contributed by atoms with van der Waals surface area (Å²) in [5.41, 5.74) is 3.71. The molecule has 0 aromatic heterocycles. The number of carbonyl (C=O) groups is 1. The molecule has 164 valence electrons. The second kappa shape index (κ2) is 9.75. The van der Waals surface area contributed by atoms with Crippen molar-refractivity contribution < 1.29 is 9.53 Å². The molecule has 0 spiro atoms. The van der Waals surface area contributed by atoms with Crippen LogP contribution in [0.15, 0.2) is 42.5 Å². The van der Waals surface area contributed by atoms with Crippen LogP contribution in [0.5, 0.6) is 0 Å². The smallest absolute Gasteiger partial charge is 0.240 e. The van der Waals surface area contributed by atoms with Crippen molar-refractivity contribution in [2.75, 3.05) is 46.4 Å². The minimum absolute atomic E-state index is 0.120. The van der Waals surface area contributed by atoms with Crippen LogP contribution in [-0.4, -0.2) is 73.8 Å². The first-order valence-corrected chi connectivity index (χ1v) is 11.1. The zero-order valence-corrected chi connectivity index (χ0v) is 18.1. The third-order valence-corrected chi connectivity index (χ3v) is 6.34. The van der Waals surface area contributed by atoms with Crippen LogP contribution in [0, 0.1) is 11.3 Å². The van der Waals surface area contributed by atoms with Gasteiger partial charge in [-0.05, 0) is 42.6 Å². The van der Waals surface area contributed by atoms with E-state index in [0.29, 0.717) is 32.5 Å². The largest absolute Gasteiger partial charge is 0.379 e. The van der Waals surface area contributed by atoms with Crippen molar-refractivity contribution >= 4 is 16.7 Å². The Balaban J connectivity index is 1.52. The molecule has 7 nitrogen and oxygen atoms in total. The van der Waals surface area contributed by atoms with Crippen molar-refractivity contribution in [1.29, 1.82) is 5.26 Å². The zero-order chi connectivity index (χ0) is 21.7. The van der Waals surface area contributed by atoms with Crippen molar-refractivity contribution in [2.45, 2.75) is 30.8 Å². The number of hydrogen-bond acceptors (Lipinski definition) is 6. The zero-order valence-electron chi connectivity index (χ0n) is 18.1. The quantitative estimate of drug-likeness (QED) is 0.739. The first-order chi connectivity index (χ1) is 15.1. The minimum Gasteiger partial charge on any atom is -0.379 e. The van der Waals surface area contributed by atoms with E-state index in [9.17, 15) is 10.1 Å². The number of hydrogen-bond donors (Lipinski definition) is 2. The van der Waals surface area contributed by atoms with E-state index in [2.05, 4.69) is 57.1 Å². The van der Waals surface area contributed by atoms with E-state index >= 15 is 0 Å². The lowest BCUT2D eigenvalue weighted by atomic mass is 9.88. The van der Waals surface area contributed by atoms with E-state index in [4.69, 9.17) is 4.74 Å². The van der Waals surface area contributed by atoms with E-state index in [0.717, 1.165) is 37.1 Å². The molecular formula is C24H31N5O2. The summed E-state index contributed by atoms with van der Waals surface area (Å²) >= 11 is 0. The molecule has 1 atom stereocenters. The molecule has 1 unspecified atom stereocenters. The average Bonchev–Trinajstić information content (AvgIpc) is 2.81. The van der Waals surface area contributed by atoms with Gasteiger partial charge in [0.25, 0.3) is 0 Å². The molecule has 31 heavy (non-hydrogen) atoms. The number of likely N-dealkylation sites (tertiary alicyclic amines) is 1. The Hall–Kier alpha value is -2.50. The highest BCUT2D eigenvalue weighted by molar-refractivity contribution is 5.85. The molecule has 2 aliphatic rings. The van der Waals surface area contributed by atoms with Crippen LogP contribution in [0.2, 0.25) is 0 Å². The van der Waals surface area contributed by atoms with Crippen LogP contribution >= 0.6 is 0 Å². The molecule has 0 saturated carbocycles. The van der Waals surface area contributed by atoms with Crippen molar-refractivity contribution in [3.63, 3.8) is 0 Å². The SMILES string of the molecule is CN1CCC(C#N)(NC(=O)C(Cc2ccc3ccccc3c2)NN2CCOCC2)CC1. The first kappa shape index (κ1) is 21.7. The van der Waals surface area contributed by atoms with Gasteiger partial charge in [-0.2, -0.15) is 5.26 Å². The number of fused-ring (bicyclic) bond motifs is 1. The number of nitrogens with one attached hydrogen (secondary N) is 2. The van der Waals surface area contributed by atoms with Gasteiger partial charge < -0.3 is 15.0 Å². The van der Waals surface area contributed by atoms with Gasteiger partial charge in [-0.3, -0.25) is 4.79 Å². The summed E-state index contributed by atoms with van der Waals surface area (Å²) in [6.07, 6.45) is 1.84. The van der Waals surface area contributed by atoms with Crippen LogP contribution in [0.1, 0.15) is 18.4 Å². The topological polar surface area (TPSA) is 80.6 Å². The maximum atomic E-state index is 13.4. The maximum absolute atomic E-state index is 13.4. The van der Waals surface area contributed by atoms with Gasteiger partial charge in [-0.15, -0.1) is 0 Å². The second-order valence-corrected chi connectivity index (χ2v) is 8.65. The van der Waals surface area contributed by atoms with E-state index < -0.39 is 11.6 Å². The van der Waals surface area contributed by atoms with Gasteiger partial charge in [0, 0.05) is 26.2 Å². The third kappa shape index (κ3) is 5.41. The number of nitriles is 1. The van der Waals surface area contributed by atoms with Gasteiger partial charge in [0.2, 0.25) is 5.91 Å². The molecule has 2 fully saturated rings. The van der Waals surface area contributed by atoms with E-state index in [1.807, 2.05) is 19.2 Å². The molecule has 2 aromatic carbocycles. The van der Waals surface area contributed by atoms with Crippen molar-refractivity contribution in [1.82, 2.24) is 20.7 Å². The number of piperidine rings is 1. The summed E-state index contributed by atoms with van der Waals surface area (Å²) in [4.78, 5) is 15.6. The Labute approximate surface area is 183 Å². The fourth-order valence-electron chi connectivity index (χ4n) is 4.30. The van der Waals surface area contributed by atoms with Gasteiger partial charge in [0.05, 0.1) is 19.3 Å². The minimum atomic E-state index is -0.794. The molecule has 2 aromatic rings. The molecule has 0 aliphatic carbocycles. The molecule has 4 rings (SSSR count). The summed E-state index contributed by atoms with van der Waals surface area (Å²) in [5.74, 6) is -0.120. The van der Waals surface area contributed by atoms with Crippen molar-refractivity contribution in [3.8, 4) is 6.07 Å². The first-order valence-electron chi connectivity index (χ1n) is 11.1. The lowest BCUT2D eigenvalue weighted by Crippen LogP contribution is -2.61. The Kier molecular flexibility index (Phi) is 6.83. The van der Waals surface area contributed by atoms with Crippen molar-refractivity contribution in [2.24, 2.45) is 0 Å². The predicted molar refractivity (Wildman–Crippen MR) is 120 cm³/mol. The molecule has 7 heteroatoms. The molecule has 2 heterocycles. The lowest BCUT2D eigenvalue weighted by Gasteiger charge is -2.38. The van der Waals surface area contributed by atoms with Crippen molar-refractivity contribution in [3.05, 3.63) is 48.0 Å². The summed E-state index contributed by atoms with van der Waals surface area (Å²) < 4.78 is 5.44. The Morgan fingerprint density at radius 3 is 2.55 bits per heavy atom. The van der Waals surface area contributed by atoms with Crippen LogP contribution in [0.25, 0.3) is 10.8 Å². The Bertz CT molecular complexity index is 942. The van der Waals surface area contributed by atoms with E-state index in [1.54, 1.807) is 0 Å². The highest BCUT2D eigenvalue weighted by atomic mass is 16.5. The summed E-state index contributed by atoms with van der Waals surface area (Å²) in [5, 5.41) is 17.4.